The van der Waals surface area contributed by atoms with E-state index in [0.717, 1.165) is 0 Å². The van der Waals surface area contributed by atoms with E-state index in [4.69, 9.17) is 9.47 Å². The van der Waals surface area contributed by atoms with Crippen LogP contribution in [0.1, 0.15) is 53.4 Å². The quantitative estimate of drug-likeness (QED) is 0.639. The molecule has 0 heterocycles. The molecule has 0 saturated heterocycles. The molecule has 0 spiro atoms. The van der Waals surface area contributed by atoms with Gasteiger partial charge in [0, 0.05) is 12.6 Å². The third-order valence-corrected chi connectivity index (χ3v) is 4.10. The van der Waals surface area contributed by atoms with E-state index in [1.807, 2.05) is 13.8 Å². The zero-order valence-corrected chi connectivity index (χ0v) is 13.7. The summed E-state index contributed by atoms with van der Waals surface area (Å²) in [7, 11) is 0. The highest BCUT2D eigenvalue weighted by Crippen LogP contribution is 2.35. The molecule has 0 aliphatic heterocycles. The lowest BCUT2D eigenvalue weighted by molar-refractivity contribution is -0.0119. The Morgan fingerprint density at radius 2 is 2.00 bits per heavy atom. The van der Waals surface area contributed by atoms with Crippen LogP contribution in [0.15, 0.2) is 0 Å². The first kappa shape index (κ1) is 17.9. The van der Waals surface area contributed by atoms with Crippen molar-refractivity contribution < 1.29 is 14.6 Å². The van der Waals surface area contributed by atoms with Gasteiger partial charge in [-0.05, 0) is 32.1 Å². The van der Waals surface area contributed by atoms with Crippen molar-refractivity contribution in [2.75, 3.05) is 26.4 Å². The third kappa shape index (κ3) is 7.02. The molecule has 2 atom stereocenters. The Labute approximate surface area is 124 Å². The summed E-state index contributed by atoms with van der Waals surface area (Å²) in [6, 6.07) is 0.509. The molecule has 4 nitrogen and oxygen atoms in total. The summed E-state index contributed by atoms with van der Waals surface area (Å²) in [4.78, 5) is 0. The van der Waals surface area contributed by atoms with Crippen LogP contribution in [0.25, 0.3) is 0 Å². The van der Waals surface area contributed by atoms with Crippen molar-refractivity contribution in [2.24, 2.45) is 5.41 Å². The topological polar surface area (TPSA) is 50.7 Å². The van der Waals surface area contributed by atoms with Crippen LogP contribution in [0.4, 0.5) is 0 Å². The Kier molecular flexibility index (Phi) is 8.03. The molecule has 1 rings (SSSR count). The highest BCUT2D eigenvalue weighted by molar-refractivity contribution is 4.88. The van der Waals surface area contributed by atoms with Crippen molar-refractivity contribution in [1.82, 2.24) is 5.32 Å². The fraction of sp³-hybridized carbons (Fsp3) is 1.00. The Balaban J connectivity index is 2.08. The van der Waals surface area contributed by atoms with Crippen molar-refractivity contribution in [1.29, 1.82) is 0 Å². The van der Waals surface area contributed by atoms with E-state index in [1.165, 1.54) is 25.7 Å². The standard InChI is InChI=1S/C16H33NO3/c1-13(2)20-10-9-19-12-14(18)11-17-15-7-5-6-8-16(15,3)4/h13-15,17-18H,5-12H2,1-4H3. The molecule has 0 bridgehead atoms. The van der Waals surface area contributed by atoms with Crippen LogP contribution in [-0.4, -0.2) is 49.7 Å². The minimum atomic E-state index is -0.438. The highest BCUT2D eigenvalue weighted by Gasteiger charge is 2.31. The van der Waals surface area contributed by atoms with E-state index in [2.05, 4.69) is 19.2 Å². The number of aliphatic hydroxyl groups is 1. The largest absolute Gasteiger partial charge is 0.389 e. The molecular weight excluding hydrogens is 254 g/mol. The second-order valence-corrected chi connectivity index (χ2v) is 6.84. The molecule has 0 aromatic carbocycles. The fourth-order valence-electron chi connectivity index (χ4n) is 2.77. The van der Waals surface area contributed by atoms with Gasteiger partial charge in [-0.2, -0.15) is 0 Å². The zero-order chi connectivity index (χ0) is 15.0. The van der Waals surface area contributed by atoms with Crippen LogP contribution in [0.3, 0.4) is 0 Å². The van der Waals surface area contributed by atoms with Crippen LogP contribution >= 0.6 is 0 Å². The van der Waals surface area contributed by atoms with Gasteiger partial charge in [0.15, 0.2) is 0 Å². The molecule has 0 amide bonds. The summed E-state index contributed by atoms with van der Waals surface area (Å²) >= 11 is 0. The minimum Gasteiger partial charge on any atom is -0.389 e. The van der Waals surface area contributed by atoms with Crippen molar-refractivity contribution in [3.05, 3.63) is 0 Å². The van der Waals surface area contributed by atoms with Crippen LogP contribution in [-0.2, 0) is 9.47 Å². The van der Waals surface area contributed by atoms with Crippen LogP contribution in [0.2, 0.25) is 0 Å². The second kappa shape index (κ2) is 8.98. The van der Waals surface area contributed by atoms with Gasteiger partial charge in [0.2, 0.25) is 0 Å². The minimum absolute atomic E-state index is 0.235. The van der Waals surface area contributed by atoms with Crippen molar-refractivity contribution in [2.45, 2.75) is 71.6 Å². The Hall–Kier alpha value is -0.160. The van der Waals surface area contributed by atoms with Gasteiger partial charge in [0.25, 0.3) is 0 Å². The smallest absolute Gasteiger partial charge is 0.0897 e. The molecule has 2 unspecified atom stereocenters. The maximum Gasteiger partial charge on any atom is 0.0897 e. The fourth-order valence-corrected chi connectivity index (χ4v) is 2.77. The molecule has 1 fully saturated rings. The second-order valence-electron chi connectivity index (χ2n) is 6.84. The molecule has 1 aliphatic carbocycles. The Bertz CT molecular complexity index is 256. The van der Waals surface area contributed by atoms with Gasteiger partial charge in [-0.25, -0.2) is 0 Å². The Morgan fingerprint density at radius 3 is 2.65 bits per heavy atom. The number of nitrogens with one attached hydrogen (secondary N) is 1. The first-order valence-corrected chi connectivity index (χ1v) is 8.02. The number of hydrogen-bond donors (Lipinski definition) is 2. The van der Waals surface area contributed by atoms with E-state index in [1.54, 1.807) is 0 Å². The highest BCUT2D eigenvalue weighted by atomic mass is 16.5. The van der Waals surface area contributed by atoms with Crippen molar-refractivity contribution in [3.63, 3.8) is 0 Å². The summed E-state index contributed by atoms with van der Waals surface area (Å²) in [5, 5.41) is 13.4. The van der Waals surface area contributed by atoms with Gasteiger partial charge in [0.1, 0.15) is 0 Å². The maximum atomic E-state index is 9.93. The maximum absolute atomic E-state index is 9.93. The number of aliphatic hydroxyl groups excluding tert-OH is 1. The summed E-state index contributed by atoms with van der Waals surface area (Å²) in [5.41, 5.74) is 0.337. The molecule has 20 heavy (non-hydrogen) atoms. The molecule has 0 radical (unpaired) electrons. The third-order valence-electron chi connectivity index (χ3n) is 4.10. The van der Waals surface area contributed by atoms with E-state index >= 15 is 0 Å². The molecular formula is C16H33NO3. The number of rotatable bonds is 9. The predicted molar refractivity (Wildman–Crippen MR) is 82.0 cm³/mol. The number of hydrogen-bond acceptors (Lipinski definition) is 4. The SMILES string of the molecule is CC(C)OCCOCC(O)CNC1CCCCC1(C)C. The lowest BCUT2D eigenvalue weighted by Crippen LogP contribution is -2.47. The van der Waals surface area contributed by atoms with Gasteiger partial charge in [-0.3, -0.25) is 0 Å². The van der Waals surface area contributed by atoms with Crippen LogP contribution in [0.5, 0.6) is 0 Å². The van der Waals surface area contributed by atoms with Gasteiger partial charge < -0.3 is 19.9 Å². The van der Waals surface area contributed by atoms with Crippen molar-refractivity contribution >= 4 is 0 Å². The Morgan fingerprint density at radius 1 is 1.25 bits per heavy atom. The molecule has 0 aromatic heterocycles. The van der Waals surface area contributed by atoms with E-state index < -0.39 is 6.10 Å². The first-order chi connectivity index (χ1) is 9.42. The van der Waals surface area contributed by atoms with Gasteiger partial charge in [0.05, 0.1) is 32.0 Å². The molecule has 1 saturated carbocycles. The van der Waals surface area contributed by atoms with Gasteiger partial charge in [-0.15, -0.1) is 0 Å². The van der Waals surface area contributed by atoms with E-state index in [0.29, 0.717) is 37.8 Å². The van der Waals surface area contributed by atoms with Crippen LogP contribution < -0.4 is 5.32 Å². The summed E-state index contributed by atoms with van der Waals surface area (Å²) < 4.78 is 10.8. The van der Waals surface area contributed by atoms with E-state index in [9.17, 15) is 5.11 Å². The molecule has 1 aliphatic rings. The van der Waals surface area contributed by atoms with E-state index in [-0.39, 0.29) is 6.10 Å². The summed E-state index contributed by atoms with van der Waals surface area (Å²) in [6.07, 6.45) is 4.89. The normalized spacial score (nSPS) is 24.0. The summed E-state index contributed by atoms with van der Waals surface area (Å²) in [6.45, 7) is 10.8. The summed E-state index contributed by atoms with van der Waals surface area (Å²) in [5.74, 6) is 0. The van der Waals surface area contributed by atoms with Gasteiger partial charge in [-0.1, -0.05) is 26.7 Å². The molecule has 4 heteroatoms. The zero-order valence-electron chi connectivity index (χ0n) is 13.7. The first-order valence-electron chi connectivity index (χ1n) is 8.02. The molecule has 120 valence electrons. The lowest BCUT2D eigenvalue weighted by atomic mass is 9.73. The average Bonchev–Trinajstić information content (AvgIpc) is 2.36. The van der Waals surface area contributed by atoms with Gasteiger partial charge >= 0.3 is 0 Å². The molecule has 2 N–H and O–H groups in total. The number of ether oxygens (including phenoxy) is 2. The average molecular weight is 287 g/mol. The molecule has 0 aromatic rings. The van der Waals surface area contributed by atoms with Crippen molar-refractivity contribution in [3.8, 4) is 0 Å². The monoisotopic (exact) mass is 287 g/mol. The lowest BCUT2D eigenvalue weighted by Gasteiger charge is -2.39. The van der Waals surface area contributed by atoms with Crippen LogP contribution in [0, 0.1) is 5.41 Å². The predicted octanol–water partition coefficient (Wildman–Crippen LogP) is 2.35.